The summed E-state index contributed by atoms with van der Waals surface area (Å²) in [6.45, 7) is 21.3. The molecule has 6 nitrogen and oxygen atoms in total. The van der Waals surface area contributed by atoms with Crippen molar-refractivity contribution in [1.82, 2.24) is 0 Å². The Hall–Kier alpha value is -1.75. The van der Waals surface area contributed by atoms with E-state index in [1.54, 1.807) is 0 Å². The highest BCUT2D eigenvalue weighted by Crippen LogP contribution is 2.51. The molecule has 0 spiro atoms. The van der Waals surface area contributed by atoms with Gasteiger partial charge in [-0.3, -0.25) is 0 Å². The molecule has 1 aromatic carbocycles. The van der Waals surface area contributed by atoms with Crippen LogP contribution in [0.25, 0.3) is 0 Å². The van der Waals surface area contributed by atoms with Crippen LogP contribution in [0.3, 0.4) is 0 Å². The van der Waals surface area contributed by atoms with Crippen LogP contribution in [-0.4, -0.2) is 42.8 Å². The van der Waals surface area contributed by atoms with Gasteiger partial charge in [-0.15, -0.1) is 0 Å². The monoisotopic (exact) mass is 506 g/mol. The highest BCUT2D eigenvalue weighted by molar-refractivity contribution is 6.74. The van der Waals surface area contributed by atoms with Crippen LogP contribution < -0.4 is 0 Å². The number of fused-ring (bicyclic) bond motifs is 1. The number of rotatable bonds is 6. The van der Waals surface area contributed by atoms with E-state index in [1.165, 1.54) is 14.2 Å². The van der Waals surface area contributed by atoms with Crippen molar-refractivity contribution in [2.24, 2.45) is 0 Å². The molecular formula is C26H42O6Si2. The lowest BCUT2D eigenvalue weighted by molar-refractivity contribution is -0.141. The van der Waals surface area contributed by atoms with Crippen LogP contribution in [0.2, 0.25) is 36.3 Å². The zero-order valence-corrected chi connectivity index (χ0v) is 24.9. The van der Waals surface area contributed by atoms with Gasteiger partial charge >= 0.3 is 11.9 Å². The van der Waals surface area contributed by atoms with Crippen LogP contribution in [0.4, 0.5) is 0 Å². The van der Waals surface area contributed by atoms with Crippen molar-refractivity contribution in [3.05, 3.63) is 46.5 Å². The summed E-state index contributed by atoms with van der Waals surface area (Å²) in [7, 11) is -2.09. The second kappa shape index (κ2) is 9.72. The van der Waals surface area contributed by atoms with Crippen LogP contribution in [0.5, 0.6) is 0 Å². The fourth-order valence-corrected chi connectivity index (χ4v) is 5.80. The lowest BCUT2D eigenvalue weighted by atomic mass is 9.82. The van der Waals surface area contributed by atoms with Crippen molar-refractivity contribution in [3.8, 4) is 0 Å². The van der Waals surface area contributed by atoms with E-state index in [1.807, 2.05) is 24.3 Å². The molecule has 8 heteroatoms. The van der Waals surface area contributed by atoms with Gasteiger partial charge < -0.3 is 18.3 Å². The highest BCUT2D eigenvalue weighted by Gasteiger charge is 2.49. The molecule has 0 aliphatic heterocycles. The standard InChI is InChI=1S/C26H42O6Si2/c1-25(2,3)33(9,10)31-21-17-15-13-14-16-18(17)22(32-34(11,12)26(4,5)6)20(24(28)30-8)19(21)23(27)29-7/h13-16,21-22H,1-12H3/t21-,22+. The normalized spacial score (nSPS) is 19.5. The van der Waals surface area contributed by atoms with Gasteiger partial charge in [0.2, 0.25) is 0 Å². The summed E-state index contributed by atoms with van der Waals surface area (Å²) < 4.78 is 24.0. The van der Waals surface area contributed by atoms with Crippen molar-refractivity contribution in [2.75, 3.05) is 14.2 Å². The first-order valence-corrected chi connectivity index (χ1v) is 17.6. The lowest BCUT2D eigenvalue weighted by Crippen LogP contribution is -2.46. The fourth-order valence-electron chi connectivity index (χ4n) is 3.42. The Bertz CT molecular complexity index is 889. The van der Waals surface area contributed by atoms with E-state index in [0.29, 0.717) is 0 Å². The van der Waals surface area contributed by atoms with Crippen LogP contribution in [0.1, 0.15) is 64.9 Å². The molecule has 0 radical (unpaired) electrons. The Morgan fingerprint density at radius 2 is 0.971 bits per heavy atom. The second-order valence-corrected chi connectivity index (χ2v) is 21.5. The molecule has 2 atom stereocenters. The van der Waals surface area contributed by atoms with Gasteiger partial charge in [-0.25, -0.2) is 9.59 Å². The van der Waals surface area contributed by atoms with Crippen molar-refractivity contribution < 1.29 is 27.9 Å². The number of esters is 2. The average molecular weight is 507 g/mol. The quantitative estimate of drug-likeness (QED) is 0.325. The molecular weight excluding hydrogens is 464 g/mol. The minimum absolute atomic E-state index is 0.108. The van der Waals surface area contributed by atoms with Gasteiger partial charge in [0, 0.05) is 0 Å². The van der Waals surface area contributed by atoms with Gasteiger partial charge in [0.1, 0.15) is 12.2 Å². The van der Waals surface area contributed by atoms with Gasteiger partial charge in [0.05, 0.1) is 25.4 Å². The molecule has 0 bridgehead atoms. The predicted molar refractivity (Wildman–Crippen MR) is 140 cm³/mol. The first-order valence-electron chi connectivity index (χ1n) is 11.7. The van der Waals surface area contributed by atoms with E-state index in [0.717, 1.165) is 11.1 Å². The Kier molecular flexibility index (Phi) is 8.14. The molecule has 2 rings (SSSR count). The summed E-state index contributed by atoms with van der Waals surface area (Å²) in [5.41, 5.74) is 1.98. The summed E-state index contributed by atoms with van der Waals surface area (Å²) in [6, 6.07) is 7.74. The highest BCUT2D eigenvalue weighted by atomic mass is 28.4. The number of methoxy groups -OCH3 is 2. The molecule has 1 aromatic rings. The van der Waals surface area contributed by atoms with Crippen molar-refractivity contribution >= 4 is 28.6 Å². The van der Waals surface area contributed by atoms with E-state index in [-0.39, 0.29) is 21.2 Å². The third kappa shape index (κ3) is 5.40. The average Bonchev–Trinajstić information content (AvgIpc) is 2.72. The SMILES string of the molecule is COC(=O)C1=C(C(=O)OC)[C@H](O[Si](C)(C)C(C)(C)C)c2ccccc2[C@@H]1O[Si](C)(C)C(C)(C)C. The van der Waals surface area contributed by atoms with E-state index in [4.69, 9.17) is 18.3 Å². The first kappa shape index (κ1) is 28.5. The van der Waals surface area contributed by atoms with Gasteiger partial charge in [-0.05, 0) is 47.4 Å². The first-order chi connectivity index (χ1) is 15.4. The van der Waals surface area contributed by atoms with Crippen LogP contribution in [-0.2, 0) is 27.9 Å². The van der Waals surface area contributed by atoms with E-state index >= 15 is 0 Å². The Morgan fingerprint density at radius 3 is 1.21 bits per heavy atom. The molecule has 0 heterocycles. The van der Waals surface area contributed by atoms with Gasteiger partial charge in [0.25, 0.3) is 0 Å². The van der Waals surface area contributed by atoms with Gasteiger partial charge in [-0.2, -0.15) is 0 Å². The molecule has 190 valence electrons. The molecule has 1 aliphatic carbocycles. The molecule has 0 aromatic heterocycles. The van der Waals surface area contributed by atoms with Crippen LogP contribution in [0, 0.1) is 0 Å². The Balaban J connectivity index is 2.89. The van der Waals surface area contributed by atoms with E-state index in [2.05, 4.69) is 67.7 Å². The summed E-state index contributed by atoms with van der Waals surface area (Å²) in [5.74, 6) is -1.22. The smallest absolute Gasteiger partial charge is 0.337 e. The summed E-state index contributed by atoms with van der Waals surface area (Å²) in [6.07, 6.45) is -1.50. The number of hydrogen-bond acceptors (Lipinski definition) is 6. The van der Waals surface area contributed by atoms with Crippen molar-refractivity contribution in [1.29, 1.82) is 0 Å². The summed E-state index contributed by atoms with van der Waals surface area (Å²) >= 11 is 0. The molecule has 0 amide bonds. The largest absolute Gasteiger partial charge is 0.466 e. The number of hydrogen-bond donors (Lipinski definition) is 0. The zero-order valence-electron chi connectivity index (χ0n) is 22.9. The van der Waals surface area contributed by atoms with Crippen LogP contribution >= 0.6 is 0 Å². The number of benzene rings is 1. The maximum Gasteiger partial charge on any atom is 0.337 e. The van der Waals surface area contributed by atoms with E-state index in [9.17, 15) is 9.59 Å². The third-order valence-corrected chi connectivity index (χ3v) is 16.5. The van der Waals surface area contributed by atoms with Gasteiger partial charge in [0.15, 0.2) is 16.6 Å². The Labute approximate surface area is 207 Å². The number of carbonyl (C=O) groups excluding carboxylic acids is 2. The van der Waals surface area contributed by atoms with Crippen molar-refractivity contribution in [3.63, 3.8) is 0 Å². The maximum atomic E-state index is 13.3. The summed E-state index contributed by atoms with van der Waals surface area (Å²) in [4.78, 5) is 26.5. The third-order valence-electron chi connectivity index (χ3n) is 7.62. The van der Waals surface area contributed by atoms with E-state index < -0.39 is 40.8 Å². The number of carbonyl (C=O) groups is 2. The fraction of sp³-hybridized carbons (Fsp3) is 0.615. The minimum Gasteiger partial charge on any atom is -0.466 e. The van der Waals surface area contributed by atoms with Gasteiger partial charge in [-0.1, -0.05) is 65.8 Å². The second-order valence-electron chi connectivity index (χ2n) is 12.0. The molecule has 1 aliphatic rings. The number of ether oxygens (including phenoxy) is 2. The lowest BCUT2D eigenvalue weighted by Gasteiger charge is -2.45. The van der Waals surface area contributed by atoms with Crippen LogP contribution in [0.15, 0.2) is 35.4 Å². The van der Waals surface area contributed by atoms with Crippen molar-refractivity contribution in [2.45, 2.75) is 90.0 Å². The predicted octanol–water partition coefficient (Wildman–Crippen LogP) is 6.47. The molecule has 34 heavy (non-hydrogen) atoms. The Morgan fingerprint density at radius 1 is 0.676 bits per heavy atom. The maximum absolute atomic E-state index is 13.3. The molecule has 0 fully saturated rings. The molecule has 0 N–H and O–H groups in total. The minimum atomic E-state index is -2.36. The molecule has 0 saturated carbocycles. The molecule has 0 saturated heterocycles. The summed E-state index contributed by atoms with van der Waals surface area (Å²) in [5, 5.41) is -0.216. The molecule has 0 unspecified atom stereocenters. The topological polar surface area (TPSA) is 71.1 Å². The zero-order chi connectivity index (χ0) is 26.3.